The van der Waals surface area contributed by atoms with Gasteiger partial charge in [0.25, 0.3) is 5.91 Å². The maximum atomic E-state index is 11.9. The molecule has 1 amide bonds. The van der Waals surface area contributed by atoms with E-state index in [2.05, 4.69) is 10.1 Å². The van der Waals surface area contributed by atoms with Crippen LogP contribution >= 0.6 is 0 Å². The van der Waals surface area contributed by atoms with Crippen LogP contribution in [0.25, 0.3) is 0 Å². The molecule has 6 nitrogen and oxygen atoms in total. The SMILES string of the molecule is COC(=O)CCNC(=O)c1ccc2c(c1)OCCCO2. The van der Waals surface area contributed by atoms with Crippen molar-refractivity contribution < 1.29 is 23.8 Å². The van der Waals surface area contributed by atoms with Gasteiger partial charge in [-0.05, 0) is 18.2 Å². The number of benzene rings is 1. The highest BCUT2D eigenvalue weighted by Crippen LogP contribution is 2.30. The van der Waals surface area contributed by atoms with E-state index in [9.17, 15) is 9.59 Å². The molecule has 1 N–H and O–H groups in total. The molecule has 0 aromatic heterocycles. The van der Waals surface area contributed by atoms with E-state index in [1.807, 2.05) is 0 Å². The van der Waals surface area contributed by atoms with Gasteiger partial charge in [0.1, 0.15) is 0 Å². The molecule has 0 spiro atoms. The Kier molecular flexibility index (Phi) is 4.81. The Labute approximate surface area is 117 Å². The highest BCUT2D eigenvalue weighted by atomic mass is 16.5. The lowest BCUT2D eigenvalue weighted by Crippen LogP contribution is -2.26. The van der Waals surface area contributed by atoms with Crippen LogP contribution < -0.4 is 14.8 Å². The van der Waals surface area contributed by atoms with E-state index in [1.54, 1.807) is 18.2 Å². The number of fused-ring (bicyclic) bond motifs is 1. The standard InChI is InChI=1S/C14H17NO5/c1-18-13(16)5-6-15-14(17)10-3-4-11-12(9-10)20-8-2-7-19-11/h3-4,9H,2,5-8H2,1H3,(H,15,17). The van der Waals surface area contributed by atoms with Gasteiger partial charge in [-0.25, -0.2) is 0 Å². The zero-order chi connectivity index (χ0) is 14.4. The first-order valence-corrected chi connectivity index (χ1v) is 6.45. The van der Waals surface area contributed by atoms with Crippen LogP contribution in [0, 0.1) is 0 Å². The first kappa shape index (κ1) is 14.2. The molecule has 0 saturated carbocycles. The summed E-state index contributed by atoms with van der Waals surface area (Å²) in [7, 11) is 1.31. The van der Waals surface area contributed by atoms with Gasteiger partial charge in [0, 0.05) is 18.5 Å². The van der Waals surface area contributed by atoms with Crippen LogP contribution in [-0.4, -0.2) is 38.7 Å². The van der Waals surface area contributed by atoms with E-state index >= 15 is 0 Å². The van der Waals surface area contributed by atoms with Crippen LogP contribution in [-0.2, 0) is 9.53 Å². The Morgan fingerprint density at radius 2 is 2.00 bits per heavy atom. The number of ether oxygens (including phenoxy) is 3. The minimum absolute atomic E-state index is 0.146. The Bertz CT molecular complexity index is 500. The summed E-state index contributed by atoms with van der Waals surface area (Å²) >= 11 is 0. The van der Waals surface area contributed by atoms with E-state index in [4.69, 9.17) is 9.47 Å². The van der Waals surface area contributed by atoms with Gasteiger partial charge >= 0.3 is 5.97 Å². The summed E-state index contributed by atoms with van der Waals surface area (Å²) in [5, 5.41) is 2.65. The Morgan fingerprint density at radius 3 is 2.75 bits per heavy atom. The lowest BCUT2D eigenvalue weighted by molar-refractivity contribution is -0.140. The number of esters is 1. The van der Waals surface area contributed by atoms with Crippen LogP contribution in [0.4, 0.5) is 0 Å². The minimum Gasteiger partial charge on any atom is -0.490 e. The molecule has 1 aliphatic rings. The monoisotopic (exact) mass is 279 g/mol. The molecular formula is C14H17NO5. The van der Waals surface area contributed by atoms with Gasteiger partial charge in [0.05, 0.1) is 26.7 Å². The van der Waals surface area contributed by atoms with Gasteiger partial charge < -0.3 is 19.5 Å². The predicted molar refractivity (Wildman–Crippen MR) is 71.0 cm³/mol. The third-order valence-electron chi connectivity index (χ3n) is 2.85. The Hall–Kier alpha value is -2.24. The summed E-state index contributed by atoms with van der Waals surface area (Å²) in [5.41, 5.74) is 0.471. The summed E-state index contributed by atoms with van der Waals surface area (Å²) in [5.74, 6) is 0.602. The molecule has 0 aliphatic carbocycles. The third-order valence-corrected chi connectivity index (χ3v) is 2.85. The van der Waals surface area contributed by atoms with Crippen LogP contribution in [0.15, 0.2) is 18.2 Å². The zero-order valence-corrected chi connectivity index (χ0v) is 11.3. The molecule has 0 atom stereocenters. The summed E-state index contributed by atoms with van der Waals surface area (Å²) < 4.78 is 15.5. The highest BCUT2D eigenvalue weighted by Gasteiger charge is 2.14. The minimum atomic E-state index is -0.357. The van der Waals surface area contributed by atoms with Crippen LogP contribution in [0.2, 0.25) is 0 Å². The molecule has 0 bridgehead atoms. The van der Waals surface area contributed by atoms with E-state index in [0.717, 1.165) is 6.42 Å². The number of carbonyl (C=O) groups excluding carboxylic acids is 2. The van der Waals surface area contributed by atoms with Crippen molar-refractivity contribution in [3.8, 4) is 11.5 Å². The smallest absolute Gasteiger partial charge is 0.307 e. The molecule has 6 heteroatoms. The van der Waals surface area contributed by atoms with Gasteiger partial charge in [0.2, 0.25) is 0 Å². The number of methoxy groups -OCH3 is 1. The van der Waals surface area contributed by atoms with Gasteiger partial charge in [0.15, 0.2) is 11.5 Å². The van der Waals surface area contributed by atoms with E-state index in [0.29, 0.717) is 30.3 Å². The molecule has 20 heavy (non-hydrogen) atoms. The van der Waals surface area contributed by atoms with Crippen molar-refractivity contribution in [1.29, 1.82) is 0 Å². The molecule has 0 saturated heterocycles. The second kappa shape index (κ2) is 6.79. The zero-order valence-electron chi connectivity index (χ0n) is 11.3. The molecule has 1 aliphatic heterocycles. The van der Waals surface area contributed by atoms with Crippen molar-refractivity contribution >= 4 is 11.9 Å². The van der Waals surface area contributed by atoms with Gasteiger partial charge in [-0.3, -0.25) is 9.59 Å². The average molecular weight is 279 g/mol. The molecule has 1 aromatic carbocycles. The molecule has 0 unspecified atom stereocenters. The second-order valence-corrected chi connectivity index (χ2v) is 4.29. The highest BCUT2D eigenvalue weighted by molar-refractivity contribution is 5.95. The van der Waals surface area contributed by atoms with Crippen LogP contribution in [0.1, 0.15) is 23.2 Å². The van der Waals surface area contributed by atoms with Gasteiger partial charge in [-0.2, -0.15) is 0 Å². The molecule has 2 rings (SSSR count). The average Bonchev–Trinajstić information content (AvgIpc) is 2.71. The first-order valence-electron chi connectivity index (χ1n) is 6.45. The quantitative estimate of drug-likeness (QED) is 0.837. The number of nitrogens with one attached hydrogen (secondary N) is 1. The summed E-state index contributed by atoms with van der Waals surface area (Å²) in [4.78, 5) is 22.9. The fourth-order valence-electron chi connectivity index (χ4n) is 1.79. The molecular weight excluding hydrogens is 262 g/mol. The van der Waals surface area contributed by atoms with Crippen molar-refractivity contribution in [3.05, 3.63) is 23.8 Å². The fraction of sp³-hybridized carbons (Fsp3) is 0.429. The van der Waals surface area contributed by atoms with Crippen LogP contribution in [0.5, 0.6) is 11.5 Å². The van der Waals surface area contributed by atoms with Crippen LogP contribution in [0.3, 0.4) is 0 Å². The number of hydrogen-bond acceptors (Lipinski definition) is 5. The number of hydrogen-bond donors (Lipinski definition) is 1. The summed E-state index contributed by atoms with van der Waals surface area (Å²) in [6.07, 6.45) is 0.960. The largest absolute Gasteiger partial charge is 0.490 e. The van der Waals surface area contributed by atoms with Crippen molar-refractivity contribution in [2.45, 2.75) is 12.8 Å². The lowest BCUT2D eigenvalue weighted by atomic mass is 10.2. The summed E-state index contributed by atoms with van der Waals surface area (Å²) in [6.45, 7) is 1.41. The summed E-state index contributed by atoms with van der Waals surface area (Å²) in [6, 6.07) is 5.03. The Morgan fingerprint density at radius 1 is 1.25 bits per heavy atom. The maximum absolute atomic E-state index is 11.9. The Balaban J connectivity index is 1.96. The van der Waals surface area contributed by atoms with Crippen molar-refractivity contribution in [3.63, 3.8) is 0 Å². The molecule has 1 aromatic rings. The number of carbonyl (C=O) groups is 2. The normalized spacial score (nSPS) is 13.2. The van der Waals surface area contributed by atoms with Crippen molar-refractivity contribution in [1.82, 2.24) is 5.32 Å². The third kappa shape index (κ3) is 3.63. The van der Waals surface area contributed by atoms with E-state index in [1.165, 1.54) is 7.11 Å². The fourth-order valence-corrected chi connectivity index (χ4v) is 1.79. The maximum Gasteiger partial charge on any atom is 0.307 e. The van der Waals surface area contributed by atoms with Gasteiger partial charge in [-0.15, -0.1) is 0 Å². The van der Waals surface area contributed by atoms with Gasteiger partial charge in [-0.1, -0.05) is 0 Å². The lowest BCUT2D eigenvalue weighted by Gasteiger charge is -2.09. The topological polar surface area (TPSA) is 73.9 Å². The number of rotatable bonds is 4. The van der Waals surface area contributed by atoms with Crippen molar-refractivity contribution in [2.24, 2.45) is 0 Å². The molecule has 1 heterocycles. The van der Waals surface area contributed by atoms with Crippen molar-refractivity contribution in [2.75, 3.05) is 26.9 Å². The van der Waals surface area contributed by atoms with E-state index < -0.39 is 0 Å². The molecule has 0 radical (unpaired) electrons. The molecule has 0 fully saturated rings. The second-order valence-electron chi connectivity index (χ2n) is 4.29. The number of amides is 1. The predicted octanol–water partition coefficient (Wildman–Crippen LogP) is 1.14. The first-order chi connectivity index (χ1) is 9.70. The van der Waals surface area contributed by atoms with E-state index in [-0.39, 0.29) is 24.8 Å². The molecule has 108 valence electrons.